The zero-order valence-corrected chi connectivity index (χ0v) is 8.81. The Morgan fingerprint density at radius 3 is 2.67 bits per heavy atom. The summed E-state index contributed by atoms with van der Waals surface area (Å²) in [4.78, 5) is 0. The summed E-state index contributed by atoms with van der Waals surface area (Å²) in [6.45, 7) is 2.60. The molecule has 0 radical (unpaired) electrons. The number of ether oxygens (including phenoxy) is 1. The molecule has 3 N–H and O–H groups in total. The molecule has 0 aliphatic heterocycles. The fourth-order valence-electron chi connectivity index (χ4n) is 1.13. The smallest absolute Gasteiger partial charge is 0.139 e. The van der Waals surface area contributed by atoms with Crippen LogP contribution in [0.2, 0.25) is 0 Å². The minimum atomic E-state index is 0.238. The predicted molar refractivity (Wildman–Crippen MR) is 59.3 cm³/mol. The first kappa shape index (κ1) is 11.4. The van der Waals surface area contributed by atoms with Gasteiger partial charge in [-0.25, -0.2) is 0 Å². The molecular weight excluding hydrogens is 192 g/mol. The van der Waals surface area contributed by atoms with Gasteiger partial charge in [0, 0.05) is 6.42 Å². The van der Waals surface area contributed by atoms with Crippen molar-refractivity contribution in [3.8, 4) is 5.75 Å². The van der Waals surface area contributed by atoms with Gasteiger partial charge in [-0.1, -0.05) is 22.9 Å². The van der Waals surface area contributed by atoms with Crippen LogP contribution in [0.5, 0.6) is 5.75 Å². The molecule has 0 amide bonds. The van der Waals surface area contributed by atoms with E-state index in [2.05, 4.69) is 5.16 Å². The van der Waals surface area contributed by atoms with Crippen molar-refractivity contribution in [3.63, 3.8) is 0 Å². The third-order valence-corrected chi connectivity index (χ3v) is 2.00. The lowest BCUT2D eigenvalue weighted by Gasteiger charge is -2.05. The van der Waals surface area contributed by atoms with E-state index in [1.54, 1.807) is 0 Å². The van der Waals surface area contributed by atoms with Crippen molar-refractivity contribution in [3.05, 3.63) is 29.8 Å². The van der Waals surface area contributed by atoms with Gasteiger partial charge in [-0.3, -0.25) is 0 Å². The number of hydrogen-bond donors (Lipinski definition) is 2. The zero-order chi connectivity index (χ0) is 11.1. The van der Waals surface area contributed by atoms with Gasteiger partial charge in [-0.2, -0.15) is 0 Å². The average Bonchev–Trinajstić information content (AvgIpc) is 2.26. The summed E-state index contributed by atoms with van der Waals surface area (Å²) in [5.41, 5.74) is 6.52. The van der Waals surface area contributed by atoms with Crippen LogP contribution >= 0.6 is 0 Å². The van der Waals surface area contributed by atoms with Crippen LogP contribution in [0.25, 0.3) is 0 Å². The Kier molecular flexibility index (Phi) is 4.47. The van der Waals surface area contributed by atoms with Crippen molar-refractivity contribution in [1.82, 2.24) is 0 Å². The first-order valence-electron chi connectivity index (χ1n) is 4.88. The van der Waals surface area contributed by atoms with E-state index in [1.165, 1.54) is 5.56 Å². The number of nitrogens with two attached hydrogens (primary N) is 1. The SMILES string of the molecule is Cc1ccc(OCCC/C(N)=N/O)cc1. The fraction of sp³-hybridized carbons (Fsp3) is 0.364. The molecule has 0 aliphatic carbocycles. The van der Waals surface area contributed by atoms with Crippen LogP contribution in [-0.2, 0) is 0 Å². The van der Waals surface area contributed by atoms with Crippen molar-refractivity contribution in [2.75, 3.05) is 6.61 Å². The molecule has 15 heavy (non-hydrogen) atoms. The second-order valence-corrected chi connectivity index (χ2v) is 3.36. The maximum atomic E-state index is 8.30. The minimum absolute atomic E-state index is 0.238. The van der Waals surface area contributed by atoms with Crippen LogP contribution in [0, 0.1) is 6.92 Å². The monoisotopic (exact) mass is 208 g/mol. The fourth-order valence-corrected chi connectivity index (χ4v) is 1.13. The predicted octanol–water partition coefficient (Wildman–Crippen LogP) is 1.90. The lowest BCUT2D eigenvalue weighted by atomic mass is 10.2. The summed E-state index contributed by atoms with van der Waals surface area (Å²) in [7, 11) is 0. The van der Waals surface area contributed by atoms with Crippen molar-refractivity contribution in [2.45, 2.75) is 19.8 Å². The van der Waals surface area contributed by atoms with Crippen LogP contribution in [0.3, 0.4) is 0 Å². The second-order valence-electron chi connectivity index (χ2n) is 3.36. The Morgan fingerprint density at radius 2 is 2.07 bits per heavy atom. The van der Waals surface area contributed by atoms with E-state index in [-0.39, 0.29) is 5.84 Å². The maximum Gasteiger partial charge on any atom is 0.139 e. The molecule has 0 saturated heterocycles. The highest BCUT2D eigenvalue weighted by Gasteiger charge is 1.95. The van der Waals surface area contributed by atoms with Crippen LogP contribution in [-0.4, -0.2) is 17.6 Å². The Labute approximate surface area is 89.4 Å². The molecule has 0 fully saturated rings. The second kappa shape index (κ2) is 5.90. The van der Waals surface area contributed by atoms with Gasteiger partial charge in [0.2, 0.25) is 0 Å². The molecule has 0 aliphatic rings. The van der Waals surface area contributed by atoms with Crippen LogP contribution in [0.1, 0.15) is 18.4 Å². The number of aryl methyl sites for hydroxylation is 1. The van der Waals surface area contributed by atoms with E-state index in [1.807, 2.05) is 31.2 Å². The van der Waals surface area contributed by atoms with Gasteiger partial charge in [0.25, 0.3) is 0 Å². The molecule has 1 aromatic rings. The average molecular weight is 208 g/mol. The molecule has 0 bridgehead atoms. The molecule has 1 aromatic carbocycles. The molecule has 0 unspecified atom stereocenters. The molecule has 0 heterocycles. The normalized spacial score (nSPS) is 11.4. The molecule has 4 heteroatoms. The van der Waals surface area contributed by atoms with E-state index in [9.17, 15) is 0 Å². The number of hydrogen-bond acceptors (Lipinski definition) is 3. The molecule has 0 aromatic heterocycles. The Morgan fingerprint density at radius 1 is 1.40 bits per heavy atom. The summed E-state index contributed by atoms with van der Waals surface area (Å²) in [5, 5.41) is 11.2. The van der Waals surface area contributed by atoms with Gasteiger partial charge >= 0.3 is 0 Å². The third-order valence-electron chi connectivity index (χ3n) is 2.00. The standard InChI is InChI=1S/C11H16N2O2/c1-9-4-6-10(7-5-9)15-8-2-3-11(12)13-14/h4-7,14H,2-3,8H2,1H3,(H2,12,13). The number of oxime groups is 1. The van der Waals surface area contributed by atoms with Gasteiger partial charge in [0.05, 0.1) is 6.61 Å². The number of nitrogens with zero attached hydrogens (tertiary/aromatic N) is 1. The van der Waals surface area contributed by atoms with E-state index < -0.39 is 0 Å². The highest BCUT2D eigenvalue weighted by Crippen LogP contribution is 2.11. The zero-order valence-electron chi connectivity index (χ0n) is 8.81. The molecule has 0 atom stereocenters. The Bertz CT molecular complexity index is 320. The summed E-state index contributed by atoms with van der Waals surface area (Å²) < 4.78 is 5.46. The first-order valence-corrected chi connectivity index (χ1v) is 4.88. The number of rotatable bonds is 5. The molecule has 1 rings (SSSR count). The summed E-state index contributed by atoms with van der Waals surface area (Å²) >= 11 is 0. The van der Waals surface area contributed by atoms with Crippen molar-refractivity contribution in [2.24, 2.45) is 10.9 Å². The van der Waals surface area contributed by atoms with Crippen LogP contribution in [0.15, 0.2) is 29.4 Å². The lowest BCUT2D eigenvalue weighted by Crippen LogP contribution is -2.12. The van der Waals surface area contributed by atoms with Gasteiger partial charge in [-0.05, 0) is 25.5 Å². The molecule has 4 nitrogen and oxygen atoms in total. The largest absolute Gasteiger partial charge is 0.494 e. The van der Waals surface area contributed by atoms with Gasteiger partial charge in [0.1, 0.15) is 11.6 Å². The summed E-state index contributed by atoms with van der Waals surface area (Å²) in [5.74, 6) is 1.09. The topological polar surface area (TPSA) is 67.8 Å². The highest BCUT2D eigenvalue weighted by molar-refractivity contribution is 5.79. The van der Waals surface area contributed by atoms with Crippen LogP contribution < -0.4 is 10.5 Å². The van der Waals surface area contributed by atoms with E-state index in [0.29, 0.717) is 13.0 Å². The summed E-state index contributed by atoms with van der Waals surface area (Å²) in [6.07, 6.45) is 1.28. The van der Waals surface area contributed by atoms with Gasteiger partial charge in [-0.15, -0.1) is 0 Å². The van der Waals surface area contributed by atoms with Crippen LogP contribution in [0.4, 0.5) is 0 Å². The van der Waals surface area contributed by atoms with E-state index in [0.717, 1.165) is 12.2 Å². The maximum absolute atomic E-state index is 8.30. The molecular formula is C11H16N2O2. The van der Waals surface area contributed by atoms with Gasteiger partial charge < -0.3 is 15.7 Å². The third kappa shape index (κ3) is 4.35. The number of benzene rings is 1. The lowest BCUT2D eigenvalue weighted by molar-refractivity contribution is 0.305. The van der Waals surface area contributed by atoms with Crippen molar-refractivity contribution in [1.29, 1.82) is 0 Å². The first-order chi connectivity index (χ1) is 7.22. The summed E-state index contributed by atoms with van der Waals surface area (Å²) in [6, 6.07) is 7.86. The highest BCUT2D eigenvalue weighted by atomic mass is 16.5. The quantitative estimate of drug-likeness (QED) is 0.255. The molecule has 0 spiro atoms. The Hall–Kier alpha value is -1.71. The van der Waals surface area contributed by atoms with Gasteiger partial charge in [0.15, 0.2) is 0 Å². The van der Waals surface area contributed by atoms with E-state index >= 15 is 0 Å². The van der Waals surface area contributed by atoms with Crippen molar-refractivity contribution < 1.29 is 9.94 Å². The van der Waals surface area contributed by atoms with E-state index in [4.69, 9.17) is 15.7 Å². The molecule has 82 valence electrons. The Balaban J connectivity index is 2.23. The van der Waals surface area contributed by atoms with Crippen molar-refractivity contribution >= 4 is 5.84 Å². The molecule has 0 saturated carbocycles. The number of amidine groups is 1. The minimum Gasteiger partial charge on any atom is -0.494 e.